The zero-order valence-corrected chi connectivity index (χ0v) is 20.9. The van der Waals surface area contributed by atoms with Crippen LogP contribution in [0, 0.1) is 11.8 Å². The first-order valence-electron chi connectivity index (χ1n) is 12.7. The molecular formula is C28H38N2O4. The highest BCUT2D eigenvalue weighted by molar-refractivity contribution is 5.50. The molecule has 0 spiro atoms. The van der Waals surface area contributed by atoms with E-state index in [2.05, 4.69) is 29.3 Å². The first-order valence-corrected chi connectivity index (χ1v) is 12.7. The van der Waals surface area contributed by atoms with Crippen LogP contribution in [0.15, 0.2) is 24.3 Å². The summed E-state index contributed by atoms with van der Waals surface area (Å²) in [6.07, 6.45) is 5.46. The second-order valence-corrected chi connectivity index (χ2v) is 10.0. The van der Waals surface area contributed by atoms with E-state index in [0.717, 1.165) is 56.8 Å². The molecular weight excluding hydrogens is 428 g/mol. The molecule has 0 aliphatic carbocycles. The zero-order chi connectivity index (χ0) is 23.8. The van der Waals surface area contributed by atoms with Gasteiger partial charge in [0, 0.05) is 25.2 Å². The smallest absolute Gasteiger partial charge is 0.161 e. The molecule has 5 rings (SSSR count). The molecule has 3 heterocycles. The van der Waals surface area contributed by atoms with E-state index in [1.807, 2.05) is 12.1 Å². The average molecular weight is 467 g/mol. The summed E-state index contributed by atoms with van der Waals surface area (Å²) in [7, 11) is 5.06. The molecule has 184 valence electrons. The number of methoxy groups -OCH3 is 3. The summed E-state index contributed by atoms with van der Waals surface area (Å²) in [4.78, 5) is 2.70. The number of phenolic OH excluding ortho intramolecular Hbond substituents is 1. The minimum Gasteiger partial charge on any atom is -0.504 e. The van der Waals surface area contributed by atoms with Crippen LogP contribution in [0.3, 0.4) is 0 Å². The fraction of sp³-hybridized carbons (Fsp3) is 0.571. The third-order valence-corrected chi connectivity index (χ3v) is 8.44. The molecule has 6 heteroatoms. The number of ether oxygens (including phenoxy) is 3. The Hall–Kier alpha value is -2.44. The molecule has 1 saturated heterocycles. The third-order valence-electron chi connectivity index (χ3n) is 8.44. The number of nitrogens with one attached hydrogen (secondary N) is 1. The summed E-state index contributed by atoms with van der Waals surface area (Å²) in [5.41, 5.74) is 5.34. The largest absolute Gasteiger partial charge is 0.504 e. The molecule has 3 aliphatic heterocycles. The maximum Gasteiger partial charge on any atom is 0.161 e. The molecule has 0 amide bonds. The standard InChI is InChI=1S/C28H38N2O4/c1-5-17-16-30-9-7-19-13-27(33-3)28(34-4)15-22(19)24(30)11-20(17)10-23-21-14-26(32-2)25(31)12-18(21)6-8-29-23/h12-15,17,20,23-24,29,31H,5-11,16H2,1-4H3/t17-,20?,23+,24?/m0/s1. The summed E-state index contributed by atoms with van der Waals surface area (Å²) in [6.45, 7) is 5.55. The van der Waals surface area contributed by atoms with Crippen molar-refractivity contribution >= 4 is 0 Å². The van der Waals surface area contributed by atoms with Gasteiger partial charge in [0.1, 0.15) is 0 Å². The van der Waals surface area contributed by atoms with E-state index in [4.69, 9.17) is 14.2 Å². The average Bonchev–Trinajstić information content (AvgIpc) is 2.87. The van der Waals surface area contributed by atoms with E-state index in [9.17, 15) is 5.11 Å². The van der Waals surface area contributed by atoms with Crippen LogP contribution in [0.5, 0.6) is 23.0 Å². The number of piperidine rings is 1. The molecule has 2 N–H and O–H groups in total. The van der Waals surface area contributed by atoms with Gasteiger partial charge in [-0.3, -0.25) is 4.90 Å². The molecule has 2 unspecified atom stereocenters. The molecule has 0 bridgehead atoms. The summed E-state index contributed by atoms with van der Waals surface area (Å²) >= 11 is 0. The summed E-state index contributed by atoms with van der Waals surface area (Å²) in [5.74, 6) is 3.76. The van der Waals surface area contributed by atoms with E-state index in [1.165, 1.54) is 28.7 Å². The maximum absolute atomic E-state index is 10.3. The van der Waals surface area contributed by atoms with Gasteiger partial charge in [0.05, 0.1) is 21.3 Å². The van der Waals surface area contributed by atoms with Crippen LogP contribution in [0.4, 0.5) is 0 Å². The topological polar surface area (TPSA) is 63.2 Å². The van der Waals surface area contributed by atoms with Crippen molar-refractivity contribution in [1.29, 1.82) is 0 Å². The Morgan fingerprint density at radius 3 is 2.35 bits per heavy atom. The Balaban J connectivity index is 1.43. The van der Waals surface area contributed by atoms with Crippen LogP contribution >= 0.6 is 0 Å². The lowest BCUT2D eigenvalue weighted by molar-refractivity contribution is 0.0434. The van der Waals surface area contributed by atoms with Gasteiger partial charge in [-0.05, 0) is 90.6 Å². The molecule has 3 aliphatic rings. The van der Waals surface area contributed by atoms with Crippen molar-refractivity contribution in [2.24, 2.45) is 11.8 Å². The summed E-state index contributed by atoms with van der Waals surface area (Å²) < 4.78 is 16.7. The van der Waals surface area contributed by atoms with Crippen LogP contribution < -0.4 is 19.5 Å². The van der Waals surface area contributed by atoms with Gasteiger partial charge in [-0.15, -0.1) is 0 Å². The molecule has 2 aromatic rings. The SMILES string of the molecule is CC[C@H]1CN2CCc3cc(OC)c(OC)cc3C2CC1C[C@H]1NCCc2cc(O)c(OC)cc21. The van der Waals surface area contributed by atoms with Crippen molar-refractivity contribution in [3.63, 3.8) is 0 Å². The molecule has 0 aromatic heterocycles. The van der Waals surface area contributed by atoms with Crippen LogP contribution in [-0.4, -0.2) is 51.0 Å². The Labute approximate surface area is 203 Å². The molecule has 0 radical (unpaired) electrons. The number of aromatic hydroxyl groups is 1. The highest BCUT2D eigenvalue weighted by Crippen LogP contribution is 2.47. The quantitative estimate of drug-likeness (QED) is 0.647. The van der Waals surface area contributed by atoms with Gasteiger partial charge in [0.2, 0.25) is 0 Å². The predicted molar refractivity (Wildman–Crippen MR) is 133 cm³/mol. The lowest BCUT2D eigenvalue weighted by Gasteiger charge is -2.48. The maximum atomic E-state index is 10.3. The Bertz CT molecular complexity index is 1040. The first kappa shape index (κ1) is 23.3. The number of rotatable bonds is 6. The minimum atomic E-state index is 0.241. The third kappa shape index (κ3) is 4.11. The molecule has 1 fully saturated rings. The molecule has 2 aromatic carbocycles. The highest BCUT2D eigenvalue weighted by Gasteiger charge is 2.40. The number of hydrogen-bond donors (Lipinski definition) is 2. The van der Waals surface area contributed by atoms with Crippen molar-refractivity contribution in [3.8, 4) is 23.0 Å². The fourth-order valence-corrected chi connectivity index (χ4v) is 6.59. The second kappa shape index (κ2) is 9.67. The predicted octanol–water partition coefficient (Wildman–Crippen LogP) is 4.64. The Morgan fingerprint density at radius 1 is 0.912 bits per heavy atom. The van der Waals surface area contributed by atoms with Crippen LogP contribution in [0.2, 0.25) is 0 Å². The summed E-state index contributed by atoms with van der Waals surface area (Å²) in [5, 5.41) is 14.1. The molecule has 4 atom stereocenters. The van der Waals surface area contributed by atoms with Crippen molar-refractivity contribution in [1.82, 2.24) is 10.2 Å². The van der Waals surface area contributed by atoms with Crippen molar-refractivity contribution < 1.29 is 19.3 Å². The number of hydrogen-bond acceptors (Lipinski definition) is 6. The van der Waals surface area contributed by atoms with Gasteiger partial charge < -0.3 is 24.6 Å². The first-order chi connectivity index (χ1) is 16.6. The lowest BCUT2D eigenvalue weighted by Crippen LogP contribution is -2.46. The highest BCUT2D eigenvalue weighted by atomic mass is 16.5. The number of benzene rings is 2. The van der Waals surface area contributed by atoms with Crippen molar-refractivity contribution in [3.05, 3.63) is 46.5 Å². The zero-order valence-electron chi connectivity index (χ0n) is 20.9. The summed E-state index contributed by atoms with van der Waals surface area (Å²) in [6, 6.07) is 9.06. The van der Waals surface area contributed by atoms with Gasteiger partial charge in [-0.25, -0.2) is 0 Å². The second-order valence-electron chi connectivity index (χ2n) is 10.0. The van der Waals surface area contributed by atoms with Crippen molar-refractivity contribution in [2.45, 2.75) is 51.1 Å². The van der Waals surface area contributed by atoms with Crippen LogP contribution in [0.25, 0.3) is 0 Å². The molecule has 6 nitrogen and oxygen atoms in total. The van der Waals surface area contributed by atoms with Gasteiger partial charge in [-0.2, -0.15) is 0 Å². The number of nitrogens with zero attached hydrogens (tertiary/aromatic N) is 1. The van der Waals surface area contributed by atoms with E-state index in [0.29, 0.717) is 23.6 Å². The Kier molecular flexibility index (Phi) is 6.63. The monoisotopic (exact) mass is 466 g/mol. The van der Waals surface area contributed by atoms with E-state index in [1.54, 1.807) is 21.3 Å². The molecule has 0 saturated carbocycles. The van der Waals surface area contributed by atoms with Gasteiger partial charge in [0.25, 0.3) is 0 Å². The molecule has 34 heavy (non-hydrogen) atoms. The fourth-order valence-electron chi connectivity index (χ4n) is 6.59. The van der Waals surface area contributed by atoms with E-state index >= 15 is 0 Å². The van der Waals surface area contributed by atoms with Gasteiger partial charge in [-0.1, -0.05) is 13.3 Å². The normalized spacial score (nSPS) is 26.2. The van der Waals surface area contributed by atoms with E-state index in [-0.39, 0.29) is 11.8 Å². The lowest BCUT2D eigenvalue weighted by atomic mass is 9.72. The van der Waals surface area contributed by atoms with Gasteiger partial charge in [0.15, 0.2) is 23.0 Å². The number of phenols is 1. The van der Waals surface area contributed by atoms with Crippen LogP contribution in [0.1, 0.15) is 60.5 Å². The minimum absolute atomic E-state index is 0.241. The van der Waals surface area contributed by atoms with Crippen LogP contribution in [-0.2, 0) is 12.8 Å². The van der Waals surface area contributed by atoms with Gasteiger partial charge >= 0.3 is 0 Å². The number of fused-ring (bicyclic) bond motifs is 4. The Morgan fingerprint density at radius 2 is 1.62 bits per heavy atom. The van der Waals surface area contributed by atoms with E-state index < -0.39 is 0 Å². The van der Waals surface area contributed by atoms with Crippen molar-refractivity contribution in [2.75, 3.05) is 41.0 Å².